The van der Waals surface area contributed by atoms with Crippen molar-refractivity contribution in [1.29, 1.82) is 0 Å². The first kappa shape index (κ1) is 13.5. The average Bonchev–Trinajstić information content (AvgIpc) is 2.24. The highest BCUT2D eigenvalue weighted by Gasteiger charge is 2.27. The highest BCUT2D eigenvalue weighted by atomic mass is 16.5. The topological polar surface area (TPSA) is 55.6 Å². The van der Waals surface area contributed by atoms with Crippen molar-refractivity contribution in [3.8, 4) is 0 Å². The van der Waals surface area contributed by atoms with Crippen molar-refractivity contribution in [1.82, 2.24) is 4.90 Å². The van der Waals surface area contributed by atoms with Gasteiger partial charge >= 0.3 is 0 Å². The average molecular weight is 228 g/mol. The van der Waals surface area contributed by atoms with E-state index < -0.39 is 0 Å². The highest BCUT2D eigenvalue weighted by molar-refractivity contribution is 5.76. The number of rotatable bonds is 5. The zero-order valence-electron chi connectivity index (χ0n) is 10.5. The van der Waals surface area contributed by atoms with Crippen LogP contribution < -0.4 is 5.73 Å². The summed E-state index contributed by atoms with van der Waals surface area (Å²) in [5.41, 5.74) is 5.69. The van der Waals surface area contributed by atoms with Crippen LogP contribution in [0.4, 0.5) is 0 Å². The van der Waals surface area contributed by atoms with Gasteiger partial charge in [-0.25, -0.2) is 0 Å². The zero-order valence-corrected chi connectivity index (χ0v) is 10.5. The van der Waals surface area contributed by atoms with E-state index in [1.165, 1.54) is 0 Å². The fraction of sp³-hybridized carbons (Fsp3) is 0.917. The zero-order chi connectivity index (χ0) is 12.0. The SMILES string of the molecule is CC1(C)CCN(C(=O)CCOCCN)CC1. The summed E-state index contributed by atoms with van der Waals surface area (Å²) in [6.45, 7) is 7.87. The van der Waals surface area contributed by atoms with Crippen LogP contribution in [0.2, 0.25) is 0 Å². The Labute approximate surface area is 98.1 Å². The van der Waals surface area contributed by atoms with Gasteiger partial charge in [-0.1, -0.05) is 13.8 Å². The van der Waals surface area contributed by atoms with Gasteiger partial charge in [-0.05, 0) is 18.3 Å². The molecular formula is C12H24N2O2. The lowest BCUT2D eigenvalue weighted by molar-refractivity contribution is -0.134. The molecule has 1 rings (SSSR count). The van der Waals surface area contributed by atoms with E-state index in [2.05, 4.69) is 13.8 Å². The lowest BCUT2D eigenvalue weighted by atomic mass is 9.82. The maximum atomic E-state index is 11.8. The minimum Gasteiger partial charge on any atom is -0.380 e. The van der Waals surface area contributed by atoms with Gasteiger partial charge in [0.2, 0.25) is 5.91 Å². The summed E-state index contributed by atoms with van der Waals surface area (Å²) >= 11 is 0. The van der Waals surface area contributed by atoms with Gasteiger partial charge in [0, 0.05) is 19.6 Å². The molecule has 0 aromatic carbocycles. The fourth-order valence-electron chi connectivity index (χ4n) is 1.86. The maximum absolute atomic E-state index is 11.8. The lowest BCUT2D eigenvalue weighted by Crippen LogP contribution is -2.41. The predicted molar refractivity (Wildman–Crippen MR) is 64.1 cm³/mol. The van der Waals surface area contributed by atoms with E-state index in [1.807, 2.05) is 4.90 Å². The Balaban J connectivity index is 2.18. The number of likely N-dealkylation sites (tertiary alicyclic amines) is 1. The summed E-state index contributed by atoms with van der Waals surface area (Å²) in [6, 6.07) is 0. The molecule has 1 aliphatic heterocycles. The van der Waals surface area contributed by atoms with E-state index in [1.54, 1.807) is 0 Å². The second-order valence-electron chi connectivity index (χ2n) is 5.20. The summed E-state index contributed by atoms with van der Waals surface area (Å²) in [6.07, 6.45) is 2.69. The van der Waals surface area contributed by atoms with E-state index in [-0.39, 0.29) is 5.91 Å². The van der Waals surface area contributed by atoms with Gasteiger partial charge in [0.25, 0.3) is 0 Å². The molecule has 0 bridgehead atoms. The van der Waals surface area contributed by atoms with E-state index in [0.29, 0.717) is 31.6 Å². The summed E-state index contributed by atoms with van der Waals surface area (Å²) in [7, 11) is 0. The molecule has 1 fully saturated rings. The Morgan fingerprint density at radius 3 is 2.50 bits per heavy atom. The molecule has 0 aromatic rings. The van der Waals surface area contributed by atoms with Crippen LogP contribution in [-0.2, 0) is 9.53 Å². The van der Waals surface area contributed by atoms with Gasteiger partial charge in [-0.3, -0.25) is 4.79 Å². The van der Waals surface area contributed by atoms with Gasteiger partial charge in [-0.15, -0.1) is 0 Å². The van der Waals surface area contributed by atoms with Crippen molar-refractivity contribution >= 4 is 5.91 Å². The number of amides is 1. The van der Waals surface area contributed by atoms with Gasteiger partial charge in [0.05, 0.1) is 19.6 Å². The summed E-state index contributed by atoms with van der Waals surface area (Å²) in [4.78, 5) is 13.7. The molecular weight excluding hydrogens is 204 g/mol. The minimum atomic E-state index is 0.215. The fourth-order valence-corrected chi connectivity index (χ4v) is 1.86. The second kappa shape index (κ2) is 6.21. The molecule has 1 saturated heterocycles. The number of piperidine rings is 1. The molecule has 2 N–H and O–H groups in total. The van der Waals surface area contributed by atoms with Crippen LogP contribution in [0.1, 0.15) is 33.1 Å². The van der Waals surface area contributed by atoms with Crippen LogP contribution in [0.3, 0.4) is 0 Å². The minimum absolute atomic E-state index is 0.215. The first-order valence-electron chi connectivity index (χ1n) is 6.11. The molecule has 16 heavy (non-hydrogen) atoms. The number of carbonyl (C=O) groups excluding carboxylic acids is 1. The Morgan fingerprint density at radius 2 is 1.94 bits per heavy atom. The molecule has 1 amide bonds. The third kappa shape index (κ3) is 4.49. The van der Waals surface area contributed by atoms with Crippen LogP contribution >= 0.6 is 0 Å². The number of nitrogens with two attached hydrogens (primary N) is 1. The van der Waals surface area contributed by atoms with Crippen LogP contribution in [0, 0.1) is 5.41 Å². The standard InChI is InChI=1S/C12H24N2O2/c1-12(2)4-7-14(8-5-12)11(15)3-9-16-10-6-13/h3-10,13H2,1-2H3. The number of carbonyl (C=O) groups is 1. The molecule has 0 unspecified atom stereocenters. The maximum Gasteiger partial charge on any atom is 0.224 e. The largest absolute Gasteiger partial charge is 0.380 e. The molecule has 0 aliphatic carbocycles. The summed E-state index contributed by atoms with van der Waals surface area (Å²) in [5.74, 6) is 0.215. The van der Waals surface area contributed by atoms with Crippen LogP contribution in [0.5, 0.6) is 0 Å². The molecule has 0 spiro atoms. The van der Waals surface area contributed by atoms with Gasteiger partial charge in [0.15, 0.2) is 0 Å². The van der Waals surface area contributed by atoms with Gasteiger partial charge in [-0.2, -0.15) is 0 Å². The Bertz CT molecular complexity index is 219. The van der Waals surface area contributed by atoms with Crippen LogP contribution in [0.25, 0.3) is 0 Å². The van der Waals surface area contributed by atoms with Crippen molar-refractivity contribution in [3.63, 3.8) is 0 Å². The number of ether oxygens (including phenoxy) is 1. The van der Waals surface area contributed by atoms with E-state index in [0.717, 1.165) is 25.9 Å². The predicted octanol–water partition coefficient (Wildman–Crippen LogP) is 1.00. The summed E-state index contributed by atoms with van der Waals surface area (Å²) in [5, 5.41) is 0. The lowest BCUT2D eigenvalue weighted by Gasteiger charge is -2.36. The third-order valence-electron chi connectivity index (χ3n) is 3.19. The van der Waals surface area contributed by atoms with Gasteiger partial charge < -0.3 is 15.4 Å². The van der Waals surface area contributed by atoms with Crippen molar-refractivity contribution in [3.05, 3.63) is 0 Å². The smallest absolute Gasteiger partial charge is 0.224 e. The summed E-state index contributed by atoms with van der Waals surface area (Å²) < 4.78 is 5.21. The van der Waals surface area contributed by atoms with Crippen LogP contribution in [0.15, 0.2) is 0 Å². The monoisotopic (exact) mass is 228 g/mol. The second-order valence-corrected chi connectivity index (χ2v) is 5.20. The Kier molecular flexibility index (Phi) is 5.22. The molecule has 0 radical (unpaired) electrons. The molecule has 94 valence electrons. The highest BCUT2D eigenvalue weighted by Crippen LogP contribution is 2.29. The number of nitrogens with zero attached hydrogens (tertiary/aromatic N) is 1. The number of hydrogen-bond acceptors (Lipinski definition) is 3. The molecule has 0 atom stereocenters. The van der Waals surface area contributed by atoms with Crippen molar-refractivity contribution in [2.45, 2.75) is 33.1 Å². The molecule has 1 heterocycles. The molecule has 4 heteroatoms. The third-order valence-corrected chi connectivity index (χ3v) is 3.19. The number of hydrogen-bond donors (Lipinski definition) is 1. The molecule has 1 aliphatic rings. The van der Waals surface area contributed by atoms with Gasteiger partial charge in [0.1, 0.15) is 0 Å². The first-order valence-corrected chi connectivity index (χ1v) is 6.11. The van der Waals surface area contributed by atoms with Crippen molar-refractivity contribution in [2.75, 3.05) is 32.8 Å². The molecule has 0 saturated carbocycles. The van der Waals surface area contributed by atoms with Crippen molar-refractivity contribution in [2.24, 2.45) is 11.1 Å². The van der Waals surface area contributed by atoms with Crippen LogP contribution in [-0.4, -0.2) is 43.7 Å². The van der Waals surface area contributed by atoms with E-state index in [4.69, 9.17) is 10.5 Å². The quantitative estimate of drug-likeness (QED) is 0.714. The Morgan fingerprint density at radius 1 is 1.31 bits per heavy atom. The Hall–Kier alpha value is -0.610. The normalized spacial score (nSPS) is 19.8. The molecule has 0 aromatic heterocycles. The first-order chi connectivity index (χ1) is 7.55. The molecule has 4 nitrogen and oxygen atoms in total. The van der Waals surface area contributed by atoms with E-state index in [9.17, 15) is 4.79 Å². The van der Waals surface area contributed by atoms with E-state index >= 15 is 0 Å². The van der Waals surface area contributed by atoms with Crippen molar-refractivity contribution < 1.29 is 9.53 Å².